The van der Waals surface area contributed by atoms with Crippen LogP contribution >= 0.6 is 23.2 Å². The van der Waals surface area contributed by atoms with E-state index < -0.39 is 41.7 Å². The van der Waals surface area contributed by atoms with Crippen LogP contribution in [0.3, 0.4) is 0 Å². The van der Waals surface area contributed by atoms with Gasteiger partial charge in [-0.3, -0.25) is 9.59 Å². The number of alkyl halides is 2. The van der Waals surface area contributed by atoms with Crippen molar-refractivity contribution in [3.63, 3.8) is 0 Å². The number of halogens is 2. The summed E-state index contributed by atoms with van der Waals surface area (Å²) in [7, 11) is 3.02. The minimum atomic E-state index is -1.38. The molecule has 0 spiro atoms. The molecule has 2 aromatic rings. The van der Waals surface area contributed by atoms with E-state index in [1.54, 1.807) is 26.2 Å². The quantitative estimate of drug-likeness (QED) is 0.0988. The fraction of sp³-hybridized carbons (Fsp3) is 0.543. The highest BCUT2D eigenvalue weighted by atomic mass is 35.5. The predicted octanol–water partition coefficient (Wildman–Crippen LogP) is 5.17. The van der Waals surface area contributed by atoms with Crippen LogP contribution in [0, 0.1) is 10.8 Å². The zero-order chi connectivity index (χ0) is 37.4. The van der Waals surface area contributed by atoms with Crippen LogP contribution in [0.15, 0.2) is 48.5 Å². The van der Waals surface area contributed by atoms with E-state index in [0.29, 0.717) is 18.4 Å². The number of rotatable bonds is 16. The molecule has 3 rings (SSSR count). The summed E-state index contributed by atoms with van der Waals surface area (Å²) in [6.07, 6.45) is -1.70. The fourth-order valence-corrected chi connectivity index (χ4v) is 3.82. The molecule has 288 valence electrons. The topological polar surface area (TPSA) is 183 Å². The second-order valence-electron chi connectivity index (χ2n) is 11.3. The zero-order valence-electron chi connectivity index (χ0n) is 28.7. The molecule has 0 aliphatic carbocycles. The fourth-order valence-electron chi connectivity index (χ4n) is 3.46. The summed E-state index contributed by atoms with van der Waals surface area (Å²) in [5.74, 6) is -0.283. The Bertz CT molecular complexity index is 1280. The third-order valence-corrected chi connectivity index (χ3v) is 7.37. The summed E-state index contributed by atoms with van der Waals surface area (Å²) in [5, 5.41) is 17.4. The highest BCUT2D eigenvalue weighted by molar-refractivity contribution is 6.17. The molecular weight excluding hydrogens is 715 g/mol. The Labute approximate surface area is 309 Å². The average molecular weight is 766 g/mol. The molecule has 2 N–H and O–H groups in total. The van der Waals surface area contributed by atoms with Crippen molar-refractivity contribution in [3.8, 4) is 0 Å². The van der Waals surface area contributed by atoms with Gasteiger partial charge in [-0.15, -0.1) is 23.2 Å². The van der Waals surface area contributed by atoms with Crippen LogP contribution < -0.4 is 0 Å². The van der Waals surface area contributed by atoms with Gasteiger partial charge in [-0.25, -0.2) is 9.59 Å². The van der Waals surface area contributed by atoms with E-state index >= 15 is 0 Å². The molecule has 1 atom stereocenters. The molecule has 51 heavy (non-hydrogen) atoms. The lowest BCUT2D eigenvalue weighted by molar-refractivity contribution is -0.167. The molecule has 0 amide bonds. The number of benzene rings is 2. The van der Waals surface area contributed by atoms with Gasteiger partial charge in [-0.05, 0) is 36.1 Å². The van der Waals surface area contributed by atoms with E-state index in [2.05, 4.69) is 4.74 Å². The number of carbonyl (C=O) groups is 4. The van der Waals surface area contributed by atoms with Gasteiger partial charge in [0.25, 0.3) is 0 Å². The van der Waals surface area contributed by atoms with Gasteiger partial charge < -0.3 is 48.1 Å². The van der Waals surface area contributed by atoms with Crippen LogP contribution in [0.5, 0.6) is 0 Å². The Hall–Kier alpha value is -3.66. The largest absolute Gasteiger partial charge is 0.508 e. The van der Waals surface area contributed by atoms with Gasteiger partial charge in [0.1, 0.15) is 50.5 Å². The molecule has 1 heterocycles. The molecule has 1 unspecified atom stereocenters. The Morgan fingerprint density at radius 1 is 0.765 bits per heavy atom. The summed E-state index contributed by atoms with van der Waals surface area (Å²) in [6, 6.07) is 14.7. The van der Waals surface area contributed by atoms with Crippen molar-refractivity contribution in [2.24, 2.45) is 10.8 Å². The average Bonchev–Trinajstić information content (AvgIpc) is 3.14. The molecule has 14 nitrogen and oxygen atoms in total. The minimum Gasteiger partial charge on any atom is -0.460 e. The molecule has 1 saturated heterocycles. The first kappa shape index (κ1) is 47.3. The number of methoxy groups -OCH3 is 2. The summed E-state index contributed by atoms with van der Waals surface area (Å²) in [4.78, 5) is 46.4. The molecule has 1 aliphatic rings. The van der Waals surface area contributed by atoms with E-state index in [1.165, 1.54) is 14.0 Å². The first-order chi connectivity index (χ1) is 23.9. The number of aliphatic hydroxyl groups is 2. The highest BCUT2D eigenvalue weighted by Gasteiger charge is 2.42. The van der Waals surface area contributed by atoms with Gasteiger partial charge in [0.05, 0.1) is 26.4 Å². The van der Waals surface area contributed by atoms with Gasteiger partial charge in [0, 0.05) is 26.0 Å². The smallest absolute Gasteiger partial charge is 0.460 e. The van der Waals surface area contributed by atoms with Gasteiger partial charge in [-0.2, -0.15) is 0 Å². The summed E-state index contributed by atoms with van der Waals surface area (Å²) < 4.78 is 38.6. The number of ether oxygens (including phenoxy) is 8. The van der Waals surface area contributed by atoms with Crippen LogP contribution in [0.25, 0.3) is 0 Å². The van der Waals surface area contributed by atoms with Crippen LogP contribution in [0.1, 0.15) is 43.5 Å². The van der Waals surface area contributed by atoms with Crippen molar-refractivity contribution in [3.05, 3.63) is 70.8 Å². The lowest BCUT2D eigenvalue weighted by Crippen LogP contribution is -2.44. The van der Waals surface area contributed by atoms with Crippen molar-refractivity contribution in [1.82, 2.24) is 0 Å². The van der Waals surface area contributed by atoms with E-state index in [1.807, 2.05) is 36.4 Å². The van der Waals surface area contributed by atoms with E-state index in [0.717, 1.165) is 22.3 Å². The number of carbonyl (C=O) groups excluding carboxylic acids is 4. The number of aliphatic hydroxyl groups excluding tert-OH is 2. The lowest BCUT2D eigenvalue weighted by atomic mass is 9.92. The summed E-state index contributed by atoms with van der Waals surface area (Å²) >= 11 is 11.4. The first-order valence-electron chi connectivity index (χ1n) is 15.3. The van der Waals surface area contributed by atoms with Gasteiger partial charge in [0.2, 0.25) is 0 Å². The van der Waals surface area contributed by atoms with Crippen molar-refractivity contribution >= 4 is 47.5 Å². The van der Waals surface area contributed by atoms with Crippen LogP contribution in [0.4, 0.5) is 9.59 Å². The third-order valence-electron chi connectivity index (χ3n) is 6.76. The Kier molecular flexibility index (Phi) is 24.3. The molecule has 1 aliphatic heterocycles. The second kappa shape index (κ2) is 26.2. The SMILES string of the molecule is C.CC1(C(=O)OCc2ccc(CCl)cc2)COC(=O)OC1.COCCO.COCCOC(=O)OCC(C)(CO)C(=O)OCc1ccc(CCl)cc1. The molecule has 0 radical (unpaired) electrons. The predicted molar refractivity (Wildman–Crippen MR) is 187 cm³/mol. The summed E-state index contributed by atoms with van der Waals surface area (Å²) in [5.41, 5.74) is 1.27. The van der Waals surface area contributed by atoms with E-state index in [-0.39, 0.29) is 60.3 Å². The summed E-state index contributed by atoms with van der Waals surface area (Å²) in [6.45, 7) is 3.14. The molecule has 0 bridgehead atoms. The van der Waals surface area contributed by atoms with Crippen molar-refractivity contribution in [2.45, 2.75) is 46.2 Å². The molecule has 0 saturated carbocycles. The number of hydrogen-bond donors (Lipinski definition) is 2. The molecular formula is C35H50Cl2O14. The van der Waals surface area contributed by atoms with E-state index in [9.17, 15) is 24.3 Å². The maximum absolute atomic E-state index is 12.2. The van der Waals surface area contributed by atoms with Crippen LogP contribution in [-0.2, 0) is 72.5 Å². The Morgan fingerprint density at radius 3 is 1.65 bits per heavy atom. The lowest BCUT2D eigenvalue weighted by Gasteiger charge is -2.29. The normalized spacial score (nSPS) is 13.8. The Morgan fingerprint density at radius 2 is 1.24 bits per heavy atom. The third kappa shape index (κ3) is 18.4. The van der Waals surface area contributed by atoms with Gasteiger partial charge in [0.15, 0.2) is 0 Å². The maximum Gasteiger partial charge on any atom is 0.508 e. The number of cyclic esters (lactones) is 2. The molecule has 0 aromatic heterocycles. The van der Waals surface area contributed by atoms with Gasteiger partial charge >= 0.3 is 24.2 Å². The standard InChI is InChI=1S/C17H23ClO7.C14H15ClO5.C3H8O2.CH4/c1-17(11-19,12-25-16(21)23-8-7-22-2)15(20)24-10-14-5-3-13(9-18)4-6-14;1-14(8-19-13(17)20-9-14)12(16)18-7-11-4-2-10(6-15)3-5-11;1-5-3-2-4;/h3-6,19H,7-12H2,1-2H3;2-5H,6-9H2,1H3;4H,2-3H2,1H3;1H4. The van der Waals surface area contributed by atoms with Crippen molar-refractivity contribution in [1.29, 1.82) is 0 Å². The van der Waals surface area contributed by atoms with Crippen LogP contribution in [-0.4, -0.2) is 102 Å². The first-order valence-corrected chi connectivity index (χ1v) is 16.4. The van der Waals surface area contributed by atoms with Gasteiger partial charge in [-0.1, -0.05) is 56.0 Å². The van der Waals surface area contributed by atoms with Crippen molar-refractivity contribution < 1.29 is 67.3 Å². The highest BCUT2D eigenvalue weighted by Crippen LogP contribution is 2.25. The second-order valence-corrected chi connectivity index (χ2v) is 11.8. The maximum atomic E-state index is 12.2. The molecule has 2 aromatic carbocycles. The monoisotopic (exact) mass is 764 g/mol. The minimum absolute atomic E-state index is 0. The zero-order valence-corrected chi connectivity index (χ0v) is 30.2. The van der Waals surface area contributed by atoms with E-state index in [4.69, 9.17) is 61.5 Å². The molecule has 16 heteroatoms. The van der Waals surface area contributed by atoms with Crippen LogP contribution in [0.2, 0.25) is 0 Å². The Balaban J connectivity index is 0.000000863. The number of hydrogen-bond acceptors (Lipinski definition) is 14. The molecule has 1 fully saturated rings. The number of esters is 2. The van der Waals surface area contributed by atoms with Crippen molar-refractivity contribution in [2.75, 3.05) is 67.1 Å².